The van der Waals surface area contributed by atoms with Crippen molar-refractivity contribution in [3.8, 4) is 11.5 Å². The van der Waals surface area contributed by atoms with E-state index in [0.717, 1.165) is 60.5 Å². The average molecular weight is 405 g/mol. The minimum atomic E-state index is -0.224. The van der Waals surface area contributed by atoms with Crippen LogP contribution in [0.15, 0.2) is 42.5 Å². The van der Waals surface area contributed by atoms with Gasteiger partial charge in [0.05, 0.1) is 46.0 Å². The summed E-state index contributed by atoms with van der Waals surface area (Å²) in [5.74, 6) is 1.37. The summed E-state index contributed by atoms with van der Waals surface area (Å²) in [6, 6.07) is 12.7. The summed E-state index contributed by atoms with van der Waals surface area (Å²) < 4.78 is 24.1. The number of piperazine rings is 1. The van der Waals surface area contributed by atoms with Crippen molar-refractivity contribution < 1.29 is 18.8 Å². The Morgan fingerprint density at radius 1 is 1.11 bits per heavy atom. The molecule has 1 aliphatic heterocycles. The summed E-state index contributed by atoms with van der Waals surface area (Å²) in [6.45, 7) is 5.09. The molecular formula is C21H27FN3O2S+. The molecule has 0 amide bonds. The molecule has 0 saturated carbocycles. The molecule has 0 bridgehead atoms. The Hall–Kier alpha value is -2.38. The standard InChI is InChI=1S/C21H26FN3O2S/c1-26-19-6-3-16(4-7-19)14-23-21(28)25-11-9-24(10-12-25)15-17-13-18(22)5-8-20(17)27-2/h3-8,13H,9-12,14-15H2,1-2H3,(H,23,28)/p+1. The van der Waals surface area contributed by atoms with E-state index in [1.54, 1.807) is 26.4 Å². The molecule has 7 heteroatoms. The number of hydrogen-bond donors (Lipinski definition) is 2. The third kappa shape index (κ3) is 5.33. The zero-order valence-electron chi connectivity index (χ0n) is 16.3. The minimum Gasteiger partial charge on any atom is -0.497 e. The van der Waals surface area contributed by atoms with E-state index >= 15 is 0 Å². The van der Waals surface area contributed by atoms with Crippen LogP contribution in [0, 0.1) is 5.82 Å². The fraction of sp³-hybridized carbons (Fsp3) is 0.381. The maximum absolute atomic E-state index is 13.6. The number of nitrogens with one attached hydrogen (secondary N) is 2. The zero-order chi connectivity index (χ0) is 19.9. The van der Waals surface area contributed by atoms with Gasteiger partial charge in [0.2, 0.25) is 0 Å². The van der Waals surface area contributed by atoms with Crippen molar-refractivity contribution in [2.24, 2.45) is 0 Å². The van der Waals surface area contributed by atoms with E-state index in [1.807, 2.05) is 24.3 Å². The molecule has 0 unspecified atom stereocenters. The summed E-state index contributed by atoms with van der Waals surface area (Å²) in [5, 5.41) is 4.11. The highest BCUT2D eigenvalue weighted by atomic mass is 32.1. The van der Waals surface area contributed by atoms with Crippen LogP contribution in [0.4, 0.5) is 4.39 Å². The predicted molar refractivity (Wildman–Crippen MR) is 111 cm³/mol. The minimum absolute atomic E-state index is 0.224. The Bertz CT molecular complexity index is 793. The van der Waals surface area contributed by atoms with Crippen molar-refractivity contribution in [1.82, 2.24) is 10.2 Å². The van der Waals surface area contributed by atoms with Gasteiger partial charge in [-0.2, -0.15) is 0 Å². The Balaban J connectivity index is 1.46. The van der Waals surface area contributed by atoms with Crippen LogP contribution >= 0.6 is 12.2 Å². The van der Waals surface area contributed by atoms with Gasteiger partial charge in [0.25, 0.3) is 0 Å². The highest BCUT2D eigenvalue weighted by molar-refractivity contribution is 7.80. The number of ether oxygens (including phenoxy) is 2. The van der Waals surface area contributed by atoms with Gasteiger partial charge in [-0.15, -0.1) is 0 Å². The highest BCUT2D eigenvalue weighted by Gasteiger charge is 2.23. The Morgan fingerprint density at radius 2 is 1.82 bits per heavy atom. The van der Waals surface area contributed by atoms with Crippen molar-refractivity contribution in [2.75, 3.05) is 40.4 Å². The van der Waals surface area contributed by atoms with Crippen LogP contribution in [0.25, 0.3) is 0 Å². The van der Waals surface area contributed by atoms with Crippen LogP contribution in [0.1, 0.15) is 11.1 Å². The molecule has 0 aromatic heterocycles. The zero-order valence-corrected chi connectivity index (χ0v) is 17.2. The number of rotatable bonds is 6. The first kappa shape index (κ1) is 20.4. The number of thiocarbonyl (C=S) groups is 1. The van der Waals surface area contributed by atoms with E-state index in [2.05, 4.69) is 10.2 Å². The van der Waals surface area contributed by atoms with Crippen molar-refractivity contribution in [3.05, 3.63) is 59.4 Å². The molecule has 1 saturated heterocycles. The largest absolute Gasteiger partial charge is 0.497 e. The van der Waals surface area contributed by atoms with Gasteiger partial charge in [0.15, 0.2) is 5.11 Å². The van der Waals surface area contributed by atoms with Gasteiger partial charge in [-0.05, 0) is 48.1 Å². The Morgan fingerprint density at radius 3 is 2.46 bits per heavy atom. The van der Waals surface area contributed by atoms with Gasteiger partial charge in [0.1, 0.15) is 23.9 Å². The topological polar surface area (TPSA) is 38.2 Å². The van der Waals surface area contributed by atoms with Crippen molar-refractivity contribution in [2.45, 2.75) is 13.1 Å². The normalized spacial score (nSPS) is 14.6. The smallest absolute Gasteiger partial charge is 0.169 e. The lowest BCUT2D eigenvalue weighted by Crippen LogP contribution is -3.13. The van der Waals surface area contributed by atoms with Gasteiger partial charge in [0, 0.05) is 6.54 Å². The number of benzene rings is 2. The van der Waals surface area contributed by atoms with E-state index in [0.29, 0.717) is 6.54 Å². The Labute approximate surface area is 171 Å². The van der Waals surface area contributed by atoms with Crippen molar-refractivity contribution >= 4 is 17.3 Å². The SMILES string of the molecule is COc1ccc(CNC(=S)N2CC[NH+](Cc3cc(F)ccc3OC)CC2)cc1. The van der Waals surface area contributed by atoms with Crippen molar-refractivity contribution in [3.63, 3.8) is 0 Å². The first-order chi connectivity index (χ1) is 13.6. The first-order valence-corrected chi connectivity index (χ1v) is 9.81. The number of quaternary nitrogens is 1. The van der Waals surface area contributed by atoms with Crippen molar-refractivity contribution in [1.29, 1.82) is 0 Å². The fourth-order valence-corrected chi connectivity index (χ4v) is 3.65. The molecule has 150 valence electrons. The third-order valence-electron chi connectivity index (χ3n) is 5.04. The lowest BCUT2D eigenvalue weighted by molar-refractivity contribution is -0.917. The van der Waals surface area contributed by atoms with Crippen LogP contribution in [0.2, 0.25) is 0 Å². The van der Waals surface area contributed by atoms with Gasteiger partial charge in [-0.3, -0.25) is 0 Å². The predicted octanol–water partition coefficient (Wildman–Crippen LogP) is 1.62. The molecule has 1 heterocycles. The molecular weight excluding hydrogens is 377 g/mol. The van der Waals surface area contributed by atoms with Crippen LogP contribution in [0.5, 0.6) is 11.5 Å². The molecule has 0 spiro atoms. The molecule has 28 heavy (non-hydrogen) atoms. The quantitative estimate of drug-likeness (QED) is 0.716. The summed E-state index contributed by atoms with van der Waals surface area (Å²) >= 11 is 5.56. The molecule has 5 nitrogen and oxygen atoms in total. The average Bonchev–Trinajstić information content (AvgIpc) is 2.73. The van der Waals surface area contributed by atoms with Gasteiger partial charge in [-0.25, -0.2) is 4.39 Å². The molecule has 3 rings (SSSR count). The second kappa shape index (κ2) is 9.71. The van der Waals surface area contributed by atoms with Crippen LogP contribution in [-0.4, -0.2) is 50.4 Å². The molecule has 2 aromatic rings. The van der Waals surface area contributed by atoms with E-state index < -0.39 is 0 Å². The van der Waals surface area contributed by atoms with E-state index in [4.69, 9.17) is 21.7 Å². The number of methoxy groups -OCH3 is 2. The van der Waals surface area contributed by atoms with Gasteiger partial charge >= 0.3 is 0 Å². The number of nitrogens with zero attached hydrogens (tertiary/aromatic N) is 1. The van der Waals surface area contributed by atoms with Gasteiger partial charge < -0.3 is 24.6 Å². The maximum atomic E-state index is 13.6. The summed E-state index contributed by atoms with van der Waals surface area (Å²) in [7, 11) is 3.28. The number of halogens is 1. The maximum Gasteiger partial charge on any atom is 0.169 e. The highest BCUT2D eigenvalue weighted by Crippen LogP contribution is 2.18. The lowest BCUT2D eigenvalue weighted by Gasteiger charge is -2.34. The molecule has 1 fully saturated rings. The molecule has 0 radical (unpaired) electrons. The number of hydrogen-bond acceptors (Lipinski definition) is 3. The molecule has 0 atom stereocenters. The van der Waals surface area contributed by atoms with Crippen LogP contribution < -0.4 is 19.7 Å². The van der Waals surface area contributed by atoms with Crippen LogP contribution in [0.3, 0.4) is 0 Å². The second-order valence-electron chi connectivity index (χ2n) is 6.88. The van der Waals surface area contributed by atoms with E-state index in [-0.39, 0.29) is 5.82 Å². The first-order valence-electron chi connectivity index (χ1n) is 9.40. The summed E-state index contributed by atoms with van der Waals surface area (Å²) in [4.78, 5) is 3.60. The molecule has 1 aliphatic rings. The summed E-state index contributed by atoms with van der Waals surface area (Å²) in [5.41, 5.74) is 2.07. The monoisotopic (exact) mass is 404 g/mol. The van der Waals surface area contributed by atoms with Gasteiger partial charge in [-0.1, -0.05) is 12.1 Å². The lowest BCUT2D eigenvalue weighted by atomic mass is 10.1. The molecule has 2 N–H and O–H groups in total. The second-order valence-corrected chi connectivity index (χ2v) is 7.26. The summed E-state index contributed by atoms with van der Waals surface area (Å²) in [6.07, 6.45) is 0. The molecule has 2 aromatic carbocycles. The van der Waals surface area contributed by atoms with E-state index in [1.165, 1.54) is 11.0 Å². The van der Waals surface area contributed by atoms with Crippen LogP contribution in [-0.2, 0) is 13.1 Å². The molecule has 0 aliphatic carbocycles. The Kier molecular flexibility index (Phi) is 7.06. The van der Waals surface area contributed by atoms with E-state index in [9.17, 15) is 4.39 Å². The fourth-order valence-electron chi connectivity index (χ4n) is 3.39. The third-order valence-corrected chi connectivity index (χ3v) is 5.45.